The minimum Gasteiger partial charge on any atom is -0.456 e. The molecule has 2 aliphatic heterocycles. The van der Waals surface area contributed by atoms with Crippen molar-refractivity contribution in [2.24, 2.45) is 0 Å². The molecular weight excluding hydrogens is 573 g/mol. The molecule has 3 heterocycles. The van der Waals surface area contributed by atoms with E-state index in [9.17, 15) is 0 Å². The van der Waals surface area contributed by atoms with Crippen molar-refractivity contribution in [1.82, 2.24) is 4.57 Å². The van der Waals surface area contributed by atoms with Gasteiger partial charge in [0.15, 0.2) is 7.14 Å². The standard InChI is InChI=1S/C40H24NO3P/c42-45-38-16-8-7-15-34(38)43-36-23-27(24-37(40(36)45)44-35-22-19-26-9-1-2-10-29(26)39(35)45)25-17-20-28(21-18-25)41-32-13-5-3-11-30(32)31-12-4-6-14-33(31)41/h1-24H. The predicted molar refractivity (Wildman–Crippen MR) is 183 cm³/mol. The van der Waals surface area contributed by atoms with E-state index in [0.29, 0.717) is 33.6 Å². The predicted octanol–water partition coefficient (Wildman–Crippen LogP) is 9.45. The van der Waals surface area contributed by atoms with Crippen molar-refractivity contribution in [1.29, 1.82) is 0 Å². The van der Waals surface area contributed by atoms with Gasteiger partial charge in [0.25, 0.3) is 0 Å². The summed E-state index contributed by atoms with van der Waals surface area (Å²) in [6.07, 6.45) is 0. The van der Waals surface area contributed by atoms with Gasteiger partial charge in [-0.3, -0.25) is 0 Å². The molecule has 0 spiro atoms. The Labute approximate surface area is 259 Å². The Hall–Kier alpha value is -5.57. The van der Waals surface area contributed by atoms with Crippen LogP contribution >= 0.6 is 7.14 Å². The number of para-hydroxylation sites is 3. The molecule has 4 nitrogen and oxygen atoms in total. The topological polar surface area (TPSA) is 40.5 Å². The molecule has 8 aromatic rings. The zero-order chi connectivity index (χ0) is 29.7. The molecule has 0 saturated heterocycles. The van der Waals surface area contributed by atoms with E-state index in [1.165, 1.54) is 21.8 Å². The molecule has 0 N–H and O–H groups in total. The Kier molecular flexibility index (Phi) is 4.95. The third-order valence-corrected chi connectivity index (χ3v) is 12.4. The molecule has 0 amide bonds. The van der Waals surface area contributed by atoms with Gasteiger partial charge in [-0.1, -0.05) is 91.0 Å². The summed E-state index contributed by atoms with van der Waals surface area (Å²) in [6.45, 7) is 0. The maximum absolute atomic E-state index is 15.6. The second-order valence-corrected chi connectivity index (χ2v) is 14.2. The van der Waals surface area contributed by atoms with Gasteiger partial charge in [0.2, 0.25) is 0 Å². The van der Waals surface area contributed by atoms with Gasteiger partial charge >= 0.3 is 0 Å². The highest BCUT2D eigenvalue weighted by atomic mass is 31.2. The highest BCUT2D eigenvalue weighted by molar-refractivity contribution is 7.86. The SMILES string of the molecule is O=P12c3ccccc3Oc3cc(-c4ccc(-n5c6ccccc6c6ccccc65)cc4)cc(c31)Oc1ccc3ccccc3c12. The lowest BCUT2D eigenvalue weighted by Gasteiger charge is -2.35. The minimum atomic E-state index is -3.31. The van der Waals surface area contributed by atoms with Crippen LogP contribution in [0.2, 0.25) is 0 Å². The number of hydrogen-bond acceptors (Lipinski definition) is 3. The number of aromatic nitrogens is 1. The van der Waals surface area contributed by atoms with Gasteiger partial charge in [-0.2, -0.15) is 0 Å². The number of fused-ring (bicyclic) bond motifs is 9. The van der Waals surface area contributed by atoms with Gasteiger partial charge in [-0.05, 0) is 76.5 Å². The van der Waals surface area contributed by atoms with Gasteiger partial charge in [-0.25, -0.2) is 0 Å². The van der Waals surface area contributed by atoms with E-state index in [0.717, 1.165) is 32.9 Å². The van der Waals surface area contributed by atoms with E-state index < -0.39 is 7.14 Å². The molecule has 5 heteroatoms. The number of rotatable bonds is 2. The fraction of sp³-hybridized carbons (Fsp3) is 0. The zero-order valence-electron chi connectivity index (χ0n) is 24.0. The molecule has 7 aromatic carbocycles. The molecule has 1 atom stereocenters. The van der Waals surface area contributed by atoms with Crippen molar-refractivity contribution in [2.75, 3.05) is 0 Å². The Morgan fingerprint density at radius 3 is 1.80 bits per heavy atom. The first kappa shape index (κ1) is 24.8. The van der Waals surface area contributed by atoms with Crippen LogP contribution in [0.4, 0.5) is 0 Å². The van der Waals surface area contributed by atoms with Crippen LogP contribution in [0.3, 0.4) is 0 Å². The Balaban J connectivity index is 1.15. The van der Waals surface area contributed by atoms with Crippen LogP contribution in [-0.4, -0.2) is 4.57 Å². The molecule has 0 radical (unpaired) electrons. The van der Waals surface area contributed by atoms with Crippen LogP contribution in [-0.2, 0) is 4.57 Å². The molecule has 45 heavy (non-hydrogen) atoms. The Morgan fingerprint density at radius 2 is 1.07 bits per heavy atom. The van der Waals surface area contributed by atoms with Crippen LogP contribution < -0.4 is 25.4 Å². The summed E-state index contributed by atoms with van der Waals surface area (Å²) in [4.78, 5) is 0. The third-order valence-electron chi connectivity index (χ3n) is 9.22. The Bertz CT molecular complexity index is 2510. The van der Waals surface area contributed by atoms with E-state index in [4.69, 9.17) is 9.47 Å². The number of benzene rings is 7. The quantitative estimate of drug-likeness (QED) is 0.186. The molecule has 1 aromatic heterocycles. The fourth-order valence-corrected chi connectivity index (χ4v) is 10.5. The molecule has 0 fully saturated rings. The smallest absolute Gasteiger partial charge is 0.186 e. The molecule has 0 saturated carbocycles. The van der Waals surface area contributed by atoms with Crippen LogP contribution in [0.15, 0.2) is 146 Å². The van der Waals surface area contributed by atoms with E-state index in [2.05, 4.69) is 83.4 Å². The number of hydrogen-bond donors (Lipinski definition) is 0. The molecule has 10 rings (SSSR count). The van der Waals surface area contributed by atoms with Crippen molar-refractivity contribution >= 4 is 55.6 Å². The maximum atomic E-state index is 15.6. The average molecular weight is 598 g/mol. The lowest BCUT2D eigenvalue weighted by molar-refractivity contribution is 0.462. The number of nitrogens with zero attached hydrogens (tertiary/aromatic N) is 1. The Morgan fingerprint density at radius 1 is 0.467 bits per heavy atom. The highest BCUT2D eigenvalue weighted by Crippen LogP contribution is 2.60. The summed E-state index contributed by atoms with van der Waals surface area (Å²) in [5, 5.41) is 6.53. The normalized spacial score (nSPS) is 16.1. The van der Waals surface area contributed by atoms with Crippen molar-refractivity contribution in [3.8, 4) is 39.8 Å². The van der Waals surface area contributed by atoms with E-state index in [1.807, 2.05) is 66.7 Å². The second-order valence-electron chi connectivity index (χ2n) is 11.7. The fourth-order valence-electron chi connectivity index (χ4n) is 7.25. The van der Waals surface area contributed by atoms with E-state index >= 15 is 4.57 Å². The molecule has 2 aliphatic rings. The highest BCUT2D eigenvalue weighted by Gasteiger charge is 2.47. The third kappa shape index (κ3) is 3.35. The first-order valence-electron chi connectivity index (χ1n) is 15.0. The first-order valence-corrected chi connectivity index (χ1v) is 16.7. The van der Waals surface area contributed by atoms with E-state index in [-0.39, 0.29) is 0 Å². The molecule has 1 unspecified atom stereocenters. The average Bonchev–Trinajstić information content (AvgIpc) is 3.42. The monoisotopic (exact) mass is 597 g/mol. The summed E-state index contributed by atoms with van der Waals surface area (Å²) in [6, 6.07) is 49.4. The first-order chi connectivity index (χ1) is 22.2. The van der Waals surface area contributed by atoms with Gasteiger partial charge in [0.05, 0.1) is 21.6 Å². The van der Waals surface area contributed by atoms with Crippen LogP contribution in [0.25, 0.3) is 49.4 Å². The van der Waals surface area contributed by atoms with Crippen molar-refractivity contribution in [2.45, 2.75) is 0 Å². The zero-order valence-corrected chi connectivity index (χ0v) is 24.9. The largest absolute Gasteiger partial charge is 0.456 e. The molecule has 0 aliphatic carbocycles. The van der Waals surface area contributed by atoms with Gasteiger partial charge in [0, 0.05) is 16.5 Å². The van der Waals surface area contributed by atoms with Crippen LogP contribution in [0.5, 0.6) is 23.0 Å². The van der Waals surface area contributed by atoms with Gasteiger partial charge < -0.3 is 18.6 Å². The van der Waals surface area contributed by atoms with Crippen molar-refractivity contribution in [3.05, 3.63) is 146 Å². The van der Waals surface area contributed by atoms with Crippen molar-refractivity contribution in [3.63, 3.8) is 0 Å². The maximum Gasteiger partial charge on any atom is 0.186 e. The summed E-state index contributed by atoms with van der Waals surface area (Å²) < 4.78 is 31.0. The second kappa shape index (κ2) is 8.98. The van der Waals surface area contributed by atoms with Crippen LogP contribution in [0.1, 0.15) is 0 Å². The van der Waals surface area contributed by atoms with Crippen molar-refractivity contribution < 1.29 is 14.0 Å². The lowest BCUT2D eigenvalue weighted by atomic mass is 10.0. The summed E-state index contributed by atoms with van der Waals surface area (Å²) in [7, 11) is -3.31. The lowest BCUT2D eigenvalue weighted by Crippen LogP contribution is -2.35. The van der Waals surface area contributed by atoms with Crippen LogP contribution in [0, 0.1) is 0 Å². The minimum absolute atomic E-state index is 0.578. The summed E-state index contributed by atoms with van der Waals surface area (Å²) >= 11 is 0. The van der Waals surface area contributed by atoms with Gasteiger partial charge in [-0.15, -0.1) is 0 Å². The molecule has 212 valence electrons. The number of ether oxygens (including phenoxy) is 2. The van der Waals surface area contributed by atoms with Gasteiger partial charge in [0.1, 0.15) is 28.3 Å². The molecule has 0 bridgehead atoms. The summed E-state index contributed by atoms with van der Waals surface area (Å²) in [5.41, 5.74) is 5.39. The molecular formula is C40H24NO3P. The van der Waals surface area contributed by atoms with E-state index in [1.54, 1.807) is 0 Å². The summed E-state index contributed by atoms with van der Waals surface area (Å²) in [5.74, 6) is 2.41.